The summed E-state index contributed by atoms with van der Waals surface area (Å²) in [5.74, 6) is 0.438. The fraction of sp³-hybridized carbons (Fsp3) is 0.143. The van der Waals surface area contributed by atoms with Gasteiger partial charge in [-0.1, -0.05) is 23.9 Å². The SMILES string of the molecule is Cc1cc(C#N)cc(C)c1Oc1ccnc(SCC(=O)Nc2ccccc2[N+](=O)[O-])n1. The normalized spacial score (nSPS) is 10.2. The number of nitriles is 1. The van der Waals surface area contributed by atoms with Crippen molar-refractivity contribution in [3.05, 3.63) is 75.5 Å². The van der Waals surface area contributed by atoms with E-state index in [0.717, 1.165) is 22.9 Å². The number of hydrogen-bond donors (Lipinski definition) is 1. The van der Waals surface area contributed by atoms with Crippen LogP contribution in [0.25, 0.3) is 0 Å². The van der Waals surface area contributed by atoms with Gasteiger partial charge in [0.05, 0.1) is 22.3 Å². The van der Waals surface area contributed by atoms with Gasteiger partial charge in [-0.2, -0.15) is 10.2 Å². The van der Waals surface area contributed by atoms with E-state index in [1.807, 2.05) is 13.8 Å². The van der Waals surface area contributed by atoms with Crippen molar-refractivity contribution in [2.24, 2.45) is 0 Å². The quantitative estimate of drug-likeness (QED) is 0.250. The summed E-state index contributed by atoms with van der Waals surface area (Å²) in [7, 11) is 0. The van der Waals surface area contributed by atoms with Crippen molar-refractivity contribution in [1.29, 1.82) is 5.26 Å². The molecule has 0 saturated heterocycles. The topological polar surface area (TPSA) is 131 Å². The van der Waals surface area contributed by atoms with Crippen molar-refractivity contribution in [2.45, 2.75) is 19.0 Å². The summed E-state index contributed by atoms with van der Waals surface area (Å²) in [4.78, 5) is 31.1. The van der Waals surface area contributed by atoms with Gasteiger partial charge in [0.2, 0.25) is 11.8 Å². The van der Waals surface area contributed by atoms with E-state index >= 15 is 0 Å². The standard InChI is InChI=1S/C21H17N5O4S/c1-13-9-15(11-22)10-14(2)20(13)30-19-7-8-23-21(25-19)31-12-18(27)24-16-5-3-4-6-17(16)26(28)29/h3-10H,12H2,1-2H3,(H,24,27). The molecule has 156 valence electrons. The number of amides is 1. The Labute approximate surface area is 182 Å². The number of rotatable bonds is 7. The highest BCUT2D eigenvalue weighted by molar-refractivity contribution is 7.99. The molecule has 0 saturated carbocycles. The van der Waals surface area contributed by atoms with E-state index in [1.165, 1.54) is 24.4 Å². The molecule has 3 rings (SSSR count). The summed E-state index contributed by atoms with van der Waals surface area (Å²) < 4.78 is 5.88. The molecule has 0 spiro atoms. The maximum Gasteiger partial charge on any atom is 0.292 e. The molecule has 10 heteroatoms. The third-order valence-electron chi connectivity index (χ3n) is 4.11. The number of hydrogen-bond acceptors (Lipinski definition) is 8. The first kappa shape index (κ1) is 21.7. The van der Waals surface area contributed by atoms with Crippen molar-refractivity contribution >= 4 is 29.0 Å². The number of para-hydroxylation sites is 2. The molecule has 0 aliphatic carbocycles. The van der Waals surface area contributed by atoms with Gasteiger partial charge in [-0.05, 0) is 43.2 Å². The van der Waals surface area contributed by atoms with Gasteiger partial charge in [0.15, 0.2) is 5.16 Å². The van der Waals surface area contributed by atoms with Crippen LogP contribution in [-0.4, -0.2) is 26.6 Å². The van der Waals surface area contributed by atoms with E-state index in [4.69, 9.17) is 10.00 Å². The van der Waals surface area contributed by atoms with Crippen LogP contribution in [0.4, 0.5) is 11.4 Å². The lowest BCUT2D eigenvalue weighted by Crippen LogP contribution is -2.15. The third kappa shape index (κ3) is 5.55. The average Bonchev–Trinajstić information content (AvgIpc) is 2.75. The monoisotopic (exact) mass is 435 g/mol. The van der Waals surface area contributed by atoms with Crippen LogP contribution >= 0.6 is 11.8 Å². The summed E-state index contributed by atoms with van der Waals surface area (Å²) in [6.45, 7) is 3.68. The number of aryl methyl sites for hydroxylation is 2. The molecule has 0 aliphatic heterocycles. The summed E-state index contributed by atoms with van der Waals surface area (Å²) in [5.41, 5.74) is 2.09. The van der Waals surface area contributed by atoms with Crippen LogP contribution in [0.15, 0.2) is 53.8 Å². The zero-order valence-electron chi connectivity index (χ0n) is 16.7. The van der Waals surface area contributed by atoms with Gasteiger partial charge in [-0.25, -0.2) is 4.98 Å². The van der Waals surface area contributed by atoms with E-state index in [9.17, 15) is 14.9 Å². The van der Waals surface area contributed by atoms with Crippen LogP contribution in [0.2, 0.25) is 0 Å². The Balaban J connectivity index is 1.66. The molecule has 0 bridgehead atoms. The lowest BCUT2D eigenvalue weighted by Gasteiger charge is -2.12. The fourth-order valence-electron chi connectivity index (χ4n) is 2.79. The van der Waals surface area contributed by atoms with Crippen LogP contribution in [0.3, 0.4) is 0 Å². The molecule has 9 nitrogen and oxygen atoms in total. The second-order valence-electron chi connectivity index (χ2n) is 6.44. The summed E-state index contributed by atoms with van der Waals surface area (Å²) in [6.07, 6.45) is 1.51. The van der Waals surface area contributed by atoms with E-state index in [0.29, 0.717) is 22.3 Å². The third-order valence-corrected chi connectivity index (χ3v) is 4.97. The Bertz CT molecular complexity index is 1170. The number of nitro groups is 1. The number of thioether (sulfide) groups is 1. The molecule has 0 radical (unpaired) electrons. The number of carbonyl (C=O) groups excluding carboxylic acids is 1. The molecule has 1 heterocycles. The second kappa shape index (κ2) is 9.69. The number of anilines is 1. The number of aromatic nitrogens is 2. The molecule has 31 heavy (non-hydrogen) atoms. The number of nitrogens with one attached hydrogen (secondary N) is 1. The first-order valence-corrected chi connectivity index (χ1v) is 10.0. The predicted octanol–water partition coefficient (Wildman–Crippen LogP) is 4.40. The number of nitro benzene ring substituents is 1. The number of benzene rings is 2. The number of carbonyl (C=O) groups is 1. The van der Waals surface area contributed by atoms with Gasteiger partial charge in [0.25, 0.3) is 5.69 Å². The first-order chi connectivity index (χ1) is 14.9. The fourth-order valence-corrected chi connectivity index (χ4v) is 3.41. The second-order valence-corrected chi connectivity index (χ2v) is 7.38. The Morgan fingerprint density at radius 1 is 1.26 bits per heavy atom. The molecule has 0 unspecified atom stereocenters. The van der Waals surface area contributed by atoms with E-state index < -0.39 is 10.8 Å². The highest BCUT2D eigenvalue weighted by atomic mass is 32.2. The van der Waals surface area contributed by atoms with Crippen molar-refractivity contribution in [3.63, 3.8) is 0 Å². The minimum absolute atomic E-state index is 0.0373. The van der Waals surface area contributed by atoms with Crippen LogP contribution in [0, 0.1) is 35.3 Å². The Morgan fingerprint density at radius 3 is 2.65 bits per heavy atom. The molecule has 1 N–H and O–H groups in total. The summed E-state index contributed by atoms with van der Waals surface area (Å²) in [6, 6.07) is 13.1. The van der Waals surface area contributed by atoms with Gasteiger partial charge in [0, 0.05) is 18.3 Å². The van der Waals surface area contributed by atoms with E-state index in [-0.39, 0.29) is 17.1 Å². The van der Waals surface area contributed by atoms with Crippen molar-refractivity contribution in [2.75, 3.05) is 11.1 Å². The summed E-state index contributed by atoms with van der Waals surface area (Å²) >= 11 is 1.07. The van der Waals surface area contributed by atoms with E-state index in [2.05, 4.69) is 21.4 Å². The maximum atomic E-state index is 12.2. The van der Waals surface area contributed by atoms with Gasteiger partial charge in [0.1, 0.15) is 11.4 Å². The number of nitrogens with zero attached hydrogens (tertiary/aromatic N) is 4. The lowest BCUT2D eigenvalue weighted by molar-refractivity contribution is -0.383. The minimum atomic E-state index is -0.556. The average molecular weight is 435 g/mol. The minimum Gasteiger partial charge on any atom is -0.438 e. The highest BCUT2D eigenvalue weighted by Gasteiger charge is 2.15. The van der Waals surface area contributed by atoms with E-state index in [1.54, 1.807) is 24.3 Å². The van der Waals surface area contributed by atoms with Gasteiger partial charge in [-0.15, -0.1) is 0 Å². The molecule has 3 aromatic rings. The zero-order valence-corrected chi connectivity index (χ0v) is 17.5. The van der Waals surface area contributed by atoms with Crippen LogP contribution in [0.5, 0.6) is 11.6 Å². The molecule has 0 fully saturated rings. The molecule has 1 aromatic heterocycles. The highest BCUT2D eigenvalue weighted by Crippen LogP contribution is 2.29. The molecule has 1 amide bonds. The maximum absolute atomic E-state index is 12.2. The molecular formula is C21H17N5O4S. The number of ether oxygens (including phenoxy) is 1. The Hall–Kier alpha value is -3.97. The Kier molecular flexibility index (Phi) is 6.79. The van der Waals surface area contributed by atoms with Crippen molar-refractivity contribution in [1.82, 2.24) is 9.97 Å². The smallest absolute Gasteiger partial charge is 0.292 e. The largest absolute Gasteiger partial charge is 0.438 e. The molecule has 0 aliphatic rings. The van der Waals surface area contributed by atoms with Crippen molar-refractivity contribution < 1.29 is 14.5 Å². The zero-order chi connectivity index (χ0) is 22.4. The van der Waals surface area contributed by atoms with Crippen LogP contribution in [-0.2, 0) is 4.79 Å². The summed E-state index contributed by atoms with van der Waals surface area (Å²) in [5, 5.41) is 23.0. The lowest BCUT2D eigenvalue weighted by atomic mass is 10.1. The van der Waals surface area contributed by atoms with Crippen LogP contribution in [0.1, 0.15) is 16.7 Å². The molecule has 0 atom stereocenters. The Morgan fingerprint density at radius 2 is 1.97 bits per heavy atom. The van der Waals surface area contributed by atoms with Crippen LogP contribution < -0.4 is 10.1 Å². The first-order valence-electron chi connectivity index (χ1n) is 9.05. The predicted molar refractivity (Wildman–Crippen MR) is 115 cm³/mol. The molecule has 2 aromatic carbocycles. The van der Waals surface area contributed by atoms with Crippen molar-refractivity contribution in [3.8, 4) is 17.7 Å². The van der Waals surface area contributed by atoms with Gasteiger partial charge in [-0.3, -0.25) is 14.9 Å². The van der Waals surface area contributed by atoms with Gasteiger partial charge >= 0.3 is 0 Å². The molecular weight excluding hydrogens is 418 g/mol. The van der Waals surface area contributed by atoms with Gasteiger partial charge < -0.3 is 10.1 Å².